The van der Waals surface area contributed by atoms with E-state index >= 15 is 0 Å². The number of likely N-dealkylation sites (N-methyl/N-ethyl adjacent to an activating group) is 1. The molecule has 1 atom stereocenters. The van der Waals surface area contributed by atoms with E-state index in [0.29, 0.717) is 6.54 Å². The number of carbonyl (C=O) groups excluding carboxylic acids is 2. The Labute approximate surface area is 117 Å². The second-order valence-electron chi connectivity index (χ2n) is 5.77. The quantitative estimate of drug-likeness (QED) is 0.688. The second-order valence-corrected chi connectivity index (χ2v) is 5.77. The number of rotatable bonds is 8. The van der Waals surface area contributed by atoms with Gasteiger partial charge in [-0.1, -0.05) is 27.7 Å². The van der Waals surface area contributed by atoms with Gasteiger partial charge in [-0.15, -0.1) is 0 Å². The number of hydrogen-bond donors (Lipinski definition) is 2. The predicted octanol–water partition coefficient (Wildman–Crippen LogP) is 0.851. The third-order valence-corrected chi connectivity index (χ3v) is 2.82. The van der Waals surface area contributed by atoms with Crippen molar-refractivity contribution in [2.24, 2.45) is 11.8 Å². The topological polar surface area (TPSA) is 61.4 Å². The Kier molecular flexibility index (Phi) is 8.39. The molecule has 0 heterocycles. The van der Waals surface area contributed by atoms with Crippen molar-refractivity contribution < 1.29 is 9.59 Å². The lowest BCUT2D eigenvalue weighted by atomic mass is 10.2. The van der Waals surface area contributed by atoms with Crippen LogP contribution < -0.4 is 10.6 Å². The Balaban J connectivity index is 3.82. The number of carbonyl (C=O) groups is 2. The van der Waals surface area contributed by atoms with Crippen LogP contribution in [-0.2, 0) is 9.59 Å². The summed E-state index contributed by atoms with van der Waals surface area (Å²) >= 11 is 0. The maximum Gasteiger partial charge on any atom is 0.222 e. The number of amides is 2. The molecule has 0 aromatic carbocycles. The van der Waals surface area contributed by atoms with Crippen LogP contribution in [0.25, 0.3) is 0 Å². The fourth-order valence-corrected chi connectivity index (χ4v) is 1.59. The molecular weight excluding hydrogens is 242 g/mol. The molecule has 0 fully saturated rings. The molecule has 0 aliphatic rings. The Morgan fingerprint density at radius 1 is 1.00 bits per heavy atom. The third-order valence-electron chi connectivity index (χ3n) is 2.82. The molecule has 0 radical (unpaired) electrons. The van der Waals surface area contributed by atoms with E-state index in [-0.39, 0.29) is 29.7 Å². The van der Waals surface area contributed by atoms with Crippen molar-refractivity contribution >= 4 is 11.8 Å². The molecule has 5 nitrogen and oxygen atoms in total. The van der Waals surface area contributed by atoms with E-state index in [0.717, 1.165) is 13.1 Å². The summed E-state index contributed by atoms with van der Waals surface area (Å²) in [5, 5.41) is 5.84. The van der Waals surface area contributed by atoms with Gasteiger partial charge in [0, 0.05) is 37.5 Å². The molecular formula is C14H29N3O2. The summed E-state index contributed by atoms with van der Waals surface area (Å²) in [6.45, 7) is 11.7. The van der Waals surface area contributed by atoms with Gasteiger partial charge in [-0.2, -0.15) is 0 Å². The molecule has 2 amide bonds. The van der Waals surface area contributed by atoms with E-state index in [1.54, 1.807) is 0 Å². The lowest BCUT2D eigenvalue weighted by molar-refractivity contribution is -0.125. The van der Waals surface area contributed by atoms with Crippen LogP contribution in [0.2, 0.25) is 0 Å². The minimum Gasteiger partial charge on any atom is -0.355 e. The molecule has 0 saturated carbocycles. The Morgan fingerprint density at radius 2 is 1.53 bits per heavy atom. The Morgan fingerprint density at radius 3 is 2.00 bits per heavy atom. The molecule has 19 heavy (non-hydrogen) atoms. The highest BCUT2D eigenvalue weighted by Gasteiger charge is 2.12. The van der Waals surface area contributed by atoms with Crippen LogP contribution in [0.15, 0.2) is 0 Å². The highest BCUT2D eigenvalue weighted by molar-refractivity contribution is 5.78. The number of hydrogen-bond acceptors (Lipinski definition) is 3. The minimum absolute atomic E-state index is 0.0121. The van der Waals surface area contributed by atoms with Gasteiger partial charge < -0.3 is 15.5 Å². The maximum atomic E-state index is 11.5. The first-order valence-electron chi connectivity index (χ1n) is 7.00. The summed E-state index contributed by atoms with van der Waals surface area (Å²) in [5.41, 5.74) is 0. The molecule has 0 spiro atoms. The zero-order valence-electron chi connectivity index (χ0n) is 13.1. The minimum atomic E-state index is 0.0121. The third kappa shape index (κ3) is 8.59. The van der Waals surface area contributed by atoms with Gasteiger partial charge in [-0.25, -0.2) is 0 Å². The van der Waals surface area contributed by atoms with E-state index in [1.165, 1.54) is 0 Å². The molecule has 1 unspecified atom stereocenters. The highest BCUT2D eigenvalue weighted by atomic mass is 16.2. The van der Waals surface area contributed by atoms with E-state index < -0.39 is 0 Å². The molecule has 0 aromatic rings. The molecule has 2 N–H and O–H groups in total. The average Bonchev–Trinajstić information content (AvgIpc) is 2.27. The summed E-state index contributed by atoms with van der Waals surface area (Å²) in [4.78, 5) is 25.0. The lowest BCUT2D eigenvalue weighted by Crippen LogP contribution is -2.44. The van der Waals surface area contributed by atoms with Crippen LogP contribution in [0.3, 0.4) is 0 Å². The molecule has 0 aliphatic heterocycles. The van der Waals surface area contributed by atoms with Crippen LogP contribution in [-0.4, -0.2) is 49.4 Å². The van der Waals surface area contributed by atoms with Gasteiger partial charge >= 0.3 is 0 Å². The average molecular weight is 271 g/mol. The van der Waals surface area contributed by atoms with Crippen molar-refractivity contribution in [3.8, 4) is 0 Å². The van der Waals surface area contributed by atoms with Crippen molar-refractivity contribution in [3.63, 3.8) is 0 Å². The van der Waals surface area contributed by atoms with Crippen LogP contribution in [0, 0.1) is 11.8 Å². The zero-order valence-corrected chi connectivity index (χ0v) is 13.1. The summed E-state index contributed by atoms with van der Waals surface area (Å²) < 4.78 is 0. The van der Waals surface area contributed by atoms with Crippen molar-refractivity contribution in [1.29, 1.82) is 0 Å². The van der Waals surface area contributed by atoms with Gasteiger partial charge in [0.2, 0.25) is 11.8 Å². The van der Waals surface area contributed by atoms with Crippen LogP contribution in [0.1, 0.15) is 34.6 Å². The first-order chi connectivity index (χ1) is 8.73. The first-order valence-corrected chi connectivity index (χ1v) is 7.00. The standard InChI is InChI=1S/C14H29N3O2/c1-10(2)13(18)15-7-8-17(6)9-12(5)16-14(19)11(3)4/h10-12H,7-9H2,1-6H3,(H,15,18)(H,16,19). The monoisotopic (exact) mass is 271 g/mol. The van der Waals surface area contributed by atoms with Gasteiger partial charge in [-0.3, -0.25) is 9.59 Å². The lowest BCUT2D eigenvalue weighted by Gasteiger charge is -2.23. The Hall–Kier alpha value is -1.10. The summed E-state index contributed by atoms with van der Waals surface area (Å²) in [5.74, 6) is 0.191. The summed E-state index contributed by atoms with van der Waals surface area (Å²) in [6.07, 6.45) is 0. The second kappa shape index (κ2) is 8.91. The largest absolute Gasteiger partial charge is 0.355 e. The summed E-state index contributed by atoms with van der Waals surface area (Å²) in [6, 6.07) is 0.112. The fraction of sp³-hybridized carbons (Fsp3) is 0.857. The molecule has 0 saturated heterocycles. The van der Waals surface area contributed by atoms with Gasteiger partial charge in [0.15, 0.2) is 0 Å². The molecule has 112 valence electrons. The van der Waals surface area contributed by atoms with E-state index in [2.05, 4.69) is 15.5 Å². The van der Waals surface area contributed by atoms with Crippen molar-refractivity contribution in [1.82, 2.24) is 15.5 Å². The van der Waals surface area contributed by atoms with Crippen molar-refractivity contribution in [2.75, 3.05) is 26.7 Å². The SMILES string of the molecule is CC(CN(C)CCNC(=O)C(C)C)NC(=O)C(C)C. The number of nitrogens with one attached hydrogen (secondary N) is 2. The highest BCUT2D eigenvalue weighted by Crippen LogP contribution is 1.95. The van der Waals surface area contributed by atoms with Gasteiger partial charge in [0.25, 0.3) is 0 Å². The van der Waals surface area contributed by atoms with Gasteiger partial charge in [-0.05, 0) is 14.0 Å². The maximum absolute atomic E-state index is 11.5. The fourth-order valence-electron chi connectivity index (χ4n) is 1.59. The van der Waals surface area contributed by atoms with Gasteiger partial charge in [0.1, 0.15) is 0 Å². The molecule has 0 bridgehead atoms. The van der Waals surface area contributed by atoms with Crippen LogP contribution >= 0.6 is 0 Å². The molecule has 0 aliphatic carbocycles. The molecule has 0 aromatic heterocycles. The van der Waals surface area contributed by atoms with E-state index in [4.69, 9.17) is 0 Å². The summed E-state index contributed by atoms with van der Waals surface area (Å²) in [7, 11) is 1.99. The smallest absolute Gasteiger partial charge is 0.222 e. The van der Waals surface area contributed by atoms with Crippen molar-refractivity contribution in [2.45, 2.75) is 40.7 Å². The predicted molar refractivity (Wildman–Crippen MR) is 77.8 cm³/mol. The normalized spacial score (nSPS) is 12.9. The number of nitrogens with zero attached hydrogens (tertiary/aromatic N) is 1. The van der Waals surface area contributed by atoms with Crippen LogP contribution in [0.4, 0.5) is 0 Å². The Bertz CT molecular complexity index is 290. The van der Waals surface area contributed by atoms with Crippen molar-refractivity contribution in [3.05, 3.63) is 0 Å². The molecule has 0 rings (SSSR count). The van der Waals surface area contributed by atoms with E-state index in [9.17, 15) is 9.59 Å². The molecule has 5 heteroatoms. The zero-order chi connectivity index (χ0) is 15.0. The first kappa shape index (κ1) is 17.9. The van der Waals surface area contributed by atoms with E-state index in [1.807, 2.05) is 41.7 Å². The van der Waals surface area contributed by atoms with Gasteiger partial charge in [0.05, 0.1) is 0 Å². The van der Waals surface area contributed by atoms with Crippen LogP contribution in [0.5, 0.6) is 0 Å².